The van der Waals surface area contributed by atoms with E-state index in [2.05, 4.69) is 10.6 Å². The van der Waals surface area contributed by atoms with Gasteiger partial charge in [-0.25, -0.2) is 4.79 Å². The fourth-order valence-electron chi connectivity index (χ4n) is 3.21. The second kappa shape index (κ2) is 9.75. The van der Waals surface area contributed by atoms with Crippen LogP contribution >= 0.6 is 0 Å². The minimum absolute atomic E-state index is 0.0569. The number of carbonyl (C=O) groups is 2. The first-order valence-corrected chi connectivity index (χ1v) is 9.81. The Balaban J connectivity index is 1.73. The molecule has 7 nitrogen and oxygen atoms in total. The Kier molecular flexibility index (Phi) is 6.87. The van der Waals surface area contributed by atoms with Crippen LogP contribution in [0.1, 0.15) is 37.6 Å². The Morgan fingerprint density at radius 1 is 1.00 bits per heavy atom. The SMILES string of the molecule is CNC(=O)c1cccc(NC(=O)c2c(C)cc(CCc3ccc(OC)cc3)oc2=O)c1. The van der Waals surface area contributed by atoms with Gasteiger partial charge in [0.25, 0.3) is 11.8 Å². The van der Waals surface area contributed by atoms with Gasteiger partial charge in [-0.15, -0.1) is 0 Å². The van der Waals surface area contributed by atoms with Crippen molar-refractivity contribution in [3.05, 3.63) is 93.0 Å². The Morgan fingerprint density at radius 2 is 1.74 bits per heavy atom. The summed E-state index contributed by atoms with van der Waals surface area (Å²) in [6.07, 6.45) is 1.21. The molecule has 3 aromatic rings. The maximum atomic E-state index is 12.7. The molecular weight excluding hydrogens is 396 g/mol. The average molecular weight is 420 g/mol. The molecule has 7 heteroatoms. The van der Waals surface area contributed by atoms with E-state index in [9.17, 15) is 14.4 Å². The minimum Gasteiger partial charge on any atom is -0.497 e. The monoisotopic (exact) mass is 420 g/mol. The predicted molar refractivity (Wildman–Crippen MR) is 118 cm³/mol. The lowest BCUT2D eigenvalue weighted by molar-refractivity contribution is 0.0961. The van der Waals surface area contributed by atoms with Gasteiger partial charge in [0, 0.05) is 24.7 Å². The molecule has 31 heavy (non-hydrogen) atoms. The smallest absolute Gasteiger partial charge is 0.349 e. The van der Waals surface area contributed by atoms with E-state index in [1.165, 1.54) is 13.1 Å². The first kappa shape index (κ1) is 21.8. The van der Waals surface area contributed by atoms with Gasteiger partial charge in [0.1, 0.15) is 17.1 Å². The molecule has 160 valence electrons. The Bertz CT molecular complexity index is 1150. The maximum Gasteiger partial charge on any atom is 0.349 e. The predicted octanol–water partition coefficient (Wildman–Crippen LogP) is 3.35. The van der Waals surface area contributed by atoms with Crippen LogP contribution in [0.2, 0.25) is 0 Å². The summed E-state index contributed by atoms with van der Waals surface area (Å²) in [6, 6.07) is 15.8. The zero-order valence-corrected chi connectivity index (χ0v) is 17.7. The molecule has 0 bridgehead atoms. The van der Waals surface area contributed by atoms with Crippen LogP contribution in [0, 0.1) is 6.92 Å². The third-order valence-corrected chi connectivity index (χ3v) is 4.86. The van der Waals surface area contributed by atoms with E-state index in [4.69, 9.17) is 9.15 Å². The summed E-state index contributed by atoms with van der Waals surface area (Å²) in [4.78, 5) is 36.9. The van der Waals surface area contributed by atoms with E-state index in [1.807, 2.05) is 24.3 Å². The number of carbonyl (C=O) groups excluding carboxylic acids is 2. The molecule has 2 aromatic carbocycles. The van der Waals surface area contributed by atoms with Crippen LogP contribution in [0.4, 0.5) is 5.69 Å². The molecule has 0 spiro atoms. The van der Waals surface area contributed by atoms with Gasteiger partial charge in [-0.1, -0.05) is 18.2 Å². The number of aryl methyl sites for hydroxylation is 3. The second-order valence-electron chi connectivity index (χ2n) is 7.02. The molecule has 0 aliphatic rings. The first-order chi connectivity index (χ1) is 14.9. The van der Waals surface area contributed by atoms with Crippen molar-refractivity contribution in [1.29, 1.82) is 0 Å². The lowest BCUT2D eigenvalue weighted by Gasteiger charge is -2.09. The van der Waals surface area contributed by atoms with Crippen LogP contribution in [0.25, 0.3) is 0 Å². The van der Waals surface area contributed by atoms with Crippen molar-refractivity contribution in [3.63, 3.8) is 0 Å². The molecule has 1 aromatic heterocycles. The zero-order chi connectivity index (χ0) is 22.4. The van der Waals surface area contributed by atoms with E-state index >= 15 is 0 Å². The van der Waals surface area contributed by atoms with Gasteiger partial charge in [0.2, 0.25) is 0 Å². The van der Waals surface area contributed by atoms with Crippen LogP contribution in [0.3, 0.4) is 0 Å². The van der Waals surface area contributed by atoms with Gasteiger partial charge in [0.05, 0.1) is 7.11 Å². The van der Waals surface area contributed by atoms with E-state index in [0.717, 1.165) is 11.3 Å². The highest BCUT2D eigenvalue weighted by molar-refractivity contribution is 6.05. The quantitative estimate of drug-likeness (QED) is 0.611. The van der Waals surface area contributed by atoms with Crippen LogP contribution < -0.4 is 21.0 Å². The van der Waals surface area contributed by atoms with Crippen molar-refractivity contribution in [2.24, 2.45) is 0 Å². The van der Waals surface area contributed by atoms with Gasteiger partial charge in [0.15, 0.2) is 0 Å². The molecule has 0 saturated heterocycles. The number of benzene rings is 2. The lowest BCUT2D eigenvalue weighted by atomic mass is 10.1. The molecule has 0 saturated carbocycles. The molecular formula is C24H24N2O5. The highest BCUT2D eigenvalue weighted by Crippen LogP contribution is 2.16. The van der Waals surface area contributed by atoms with Gasteiger partial charge in [-0.05, 0) is 60.9 Å². The van der Waals surface area contributed by atoms with Crippen molar-refractivity contribution in [2.75, 3.05) is 19.5 Å². The second-order valence-corrected chi connectivity index (χ2v) is 7.02. The topological polar surface area (TPSA) is 97.6 Å². The normalized spacial score (nSPS) is 10.4. The molecule has 2 N–H and O–H groups in total. The standard InChI is InChI=1S/C24H24N2O5/c1-15-13-20(12-9-16-7-10-19(30-3)11-8-16)31-24(29)21(15)23(28)26-18-6-4-5-17(14-18)22(27)25-2/h4-8,10-11,13-14H,9,12H2,1-3H3,(H,25,27)(H,26,28). The molecule has 0 radical (unpaired) electrons. The fraction of sp³-hybridized carbons (Fsp3) is 0.208. The average Bonchev–Trinajstić information content (AvgIpc) is 2.77. The number of methoxy groups -OCH3 is 1. The lowest BCUT2D eigenvalue weighted by Crippen LogP contribution is -2.23. The summed E-state index contributed by atoms with van der Waals surface area (Å²) >= 11 is 0. The van der Waals surface area contributed by atoms with Crippen LogP contribution in [-0.2, 0) is 12.8 Å². The highest BCUT2D eigenvalue weighted by atomic mass is 16.5. The summed E-state index contributed by atoms with van der Waals surface area (Å²) in [6.45, 7) is 1.70. The summed E-state index contributed by atoms with van der Waals surface area (Å²) < 4.78 is 10.5. The van der Waals surface area contributed by atoms with E-state index < -0.39 is 11.5 Å². The van der Waals surface area contributed by atoms with Gasteiger partial charge < -0.3 is 19.8 Å². The van der Waals surface area contributed by atoms with Crippen molar-refractivity contribution in [3.8, 4) is 5.75 Å². The van der Waals surface area contributed by atoms with E-state index in [1.54, 1.807) is 38.3 Å². The summed E-state index contributed by atoms with van der Waals surface area (Å²) in [5, 5.41) is 5.18. The summed E-state index contributed by atoms with van der Waals surface area (Å²) in [5.74, 6) is 0.439. The molecule has 1 heterocycles. The number of hydrogen-bond donors (Lipinski definition) is 2. The zero-order valence-electron chi connectivity index (χ0n) is 17.7. The maximum absolute atomic E-state index is 12.7. The number of rotatable bonds is 7. The minimum atomic E-state index is -0.690. The highest BCUT2D eigenvalue weighted by Gasteiger charge is 2.17. The molecule has 0 aliphatic heterocycles. The summed E-state index contributed by atoms with van der Waals surface area (Å²) in [5.41, 5.74) is 1.68. The molecule has 0 unspecified atom stereocenters. The van der Waals surface area contributed by atoms with E-state index in [0.29, 0.717) is 35.4 Å². The third-order valence-electron chi connectivity index (χ3n) is 4.86. The van der Waals surface area contributed by atoms with Crippen molar-refractivity contribution < 1.29 is 18.7 Å². The number of amides is 2. The number of ether oxygens (including phenoxy) is 1. The molecule has 0 atom stereocenters. The molecule has 0 aliphatic carbocycles. The van der Waals surface area contributed by atoms with Gasteiger partial charge in [-0.2, -0.15) is 0 Å². The number of hydrogen-bond acceptors (Lipinski definition) is 5. The van der Waals surface area contributed by atoms with Gasteiger partial charge >= 0.3 is 5.63 Å². The van der Waals surface area contributed by atoms with Crippen molar-refractivity contribution in [2.45, 2.75) is 19.8 Å². The Hall–Kier alpha value is -3.87. The molecule has 3 rings (SSSR count). The Labute approximate surface area is 180 Å². The van der Waals surface area contributed by atoms with Crippen LogP contribution in [0.15, 0.2) is 63.8 Å². The third kappa shape index (κ3) is 5.39. The largest absolute Gasteiger partial charge is 0.497 e. The molecule has 0 fully saturated rings. The molecule has 2 amide bonds. The van der Waals surface area contributed by atoms with Crippen molar-refractivity contribution >= 4 is 17.5 Å². The summed E-state index contributed by atoms with van der Waals surface area (Å²) in [7, 11) is 3.14. The van der Waals surface area contributed by atoms with Crippen LogP contribution in [-0.4, -0.2) is 26.0 Å². The van der Waals surface area contributed by atoms with Gasteiger partial charge in [-0.3, -0.25) is 9.59 Å². The fourth-order valence-corrected chi connectivity index (χ4v) is 3.21. The number of nitrogens with one attached hydrogen (secondary N) is 2. The first-order valence-electron chi connectivity index (χ1n) is 9.81. The van der Waals surface area contributed by atoms with E-state index in [-0.39, 0.29) is 11.5 Å². The van der Waals surface area contributed by atoms with Crippen LogP contribution in [0.5, 0.6) is 5.75 Å². The Morgan fingerprint density at radius 3 is 2.39 bits per heavy atom. The number of anilines is 1. The van der Waals surface area contributed by atoms with Crippen molar-refractivity contribution in [1.82, 2.24) is 5.32 Å².